The van der Waals surface area contributed by atoms with Crippen molar-refractivity contribution in [1.29, 1.82) is 0 Å². The third kappa shape index (κ3) is 3.24. The lowest BCUT2D eigenvalue weighted by Crippen LogP contribution is -2.32. The predicted octanol–water partition coefficient (Wildman–Crippen LogP) is 3.16. The molecule has 0 aliphatic carbocycles. The maximum atomic E-state index is 12.4. The summed E-state index contributed by atoms with van der Waals surface area (Å²) in [6.07, 6.45) is 0. The molecular weight excluding hydrogens is 284 g/mol. The van der Waals surface area contributed by atoms with Crippen LogP contribution in [-0.2, 0) is 0 Å². The number of aryl methyl sites for hydroxylation is 4. The molecule has 2 rings (SSSR count). The number of rotatable bonds is 3. The number of amides is 1. The minimum atomic E-state index is -0.338. The molecule has 2 aromatic rings. The van der Waals surface area contributed by atoms with Gasteiger partial charge >= 0.3 is 0 Å². The van der Waals surface area contributed by atoms with E-state index >= 15 is 0 Å². The van der Waals surface area contributed by atoms with E-state index in [4.69, 9.17) is 0 Å². The largest absolute Gasteiger partial charge is 0.345 e. The monoisotopic (exact) mass is 304 g/mol. The van der Waals surface area contributed by atoms with Gasteiger partial charge in [0.2, 0.25) is 0 Å². The molecule has 4 nitrogen and oxygen atoms in total. The fourth-order valence-corrected chi connectivity index (χ4v) is 3.59. The van der Waals surface area contributed by atoms with Gasteiger partial charge < -0.3 is 10.3 Å². The zero-order valence-electron chi connectivity index (χ0n) is 13.0. The van der Waals surface area contributed by atoms with Gasteiger partial charge in [-0.15, -0.1) is 11.3 Å². The average molecular weight is 304 g/mol. The molecule has 0 radical (unpaired) electrons. The summed E-state index contributed by atoms with van der Waals surface area (Å²) in [5, 5.41) is 2.92. The predicted molar refractivity (Wildman–Crippen MR) is 86.2 cm³/mol. The first-order valence-electron chi connectivity index (χ1n) is 6.88. The number of carbonyl (C=O) groups is 1. The van der Waals surface area contributed by atoms with E-state index in [2.05, 4.69) is 16.4 Å². The van der Waals surface area contributed by atoms with Crippen LogP contribution in [-0.4, -0.2) is 10.9 Å². The van der Waals surface area contributed by atoms with E-state index in [1.54, 1.807) is 31.3 Å². The highest BCUT2D eigenvalue weighted by Crippen LogP contribution is 2.26. The zero-order chi connectivity index (χ0) is 15.7. The van der Waals surface area contributed by atoms with Crippen molar-refractivity contribution < 1.29 is 4.79 Å². The van der Waals surface area contributed by atoms with E-state index in [1.165, 1.54) is 9.75 Å². The molecule has 1 amide bonds. The van der Waals surface area contributed by atoms with Gasteiger partial charge in [0, 0.05) is 15.4 Å². The summed E-state index contributed by atoms with van der Waals surface area (Å²) in [6.45, 7) is 9.60. The van der Waals surface area contributed by atoms with Crippen LogP contribution in [0.15, 0.2) is 16.9 Å². The number of aromatic amines is 1. The second kappa shape index (κ2) is 5.85. The quantitative estimate of drug-likeness (QED) is 0.915. The van der Waals surface area contributed by atoms with Crippen molar-refractivity contribution >= 4 is 17.2 Å². The van der Waals surface area contributed by atoms with Crippen molar-refractivity contribution in [2.45, 2.75) is 40.7 Å². The summed E-state index contributed by atoms with van der Waals surface area (Å²) >= 11 is 1.71. The molecule has 0 bridgehead atoms. The van der Waals surface area contributed by atoms with Crippen molar-refractivity contribution in [3.05, 3.63) is 54.6 Å². The molecule has 1 atom stereocenters. The first-order chi connectivity index (χ1) is 9.79. The molecule has 2 N–H and O–H groups in total. The average Bonchev–Trinajstić information content (AvgIpc) is 2.66. The Kier molecular flexibility index (Phi) is 4.32. The second-order valence-electron chi connectivity index (χ2n) is 5.40. The topological polar surface area (TPSA) is 62.0 Å². The molecule has 0 spiro atoms. The summed E-state index contributed by atoms with van der Waals surface area (Å²) in [4.78, 5) is 29.4. The summed E-state index contributed by atoms with van der Waals surface area (Å²) in [7, 11) is 0. The third-order valence-electron chi connectivity index (χ3n) is 3.49. The van der Waals surface area contributed by atoms with Gasteiger partial charge in [-0.1, -0.05) is 0 Å². The van der Waals surface area contributed by atoms with Gasteiger partial charge in [-0.2, -0.15) is 0 Å². The Balaban J connectivity index is 2.26. The minimum absolute atomic E-state index is 0.123. The van der Waals surface area contributed by atoms with Crippen LogP contribution >= 0.6 is 11.3 Å². The van der Waals surface area contributed by atoms with Crippen molar-refractivity contribution in [3.63, 3.8) is 0 Å². The van der Waals surface area contributed by atoms with Crippen LogP contribution in [0.5, 0.6) is 0 Å². The molecule has 5 heteroatoms. The van der Waals surface area contributed by atoms with Gasteiger partial charge in [-0.3, -0.25) is 9.59 Å². The standard InChI is InChI=1S/C16H20N2O2S/c1-8-6-9(2)17-15(19)14(8)16(20)18-11(4)13-7-10(3)21-12(13)5/h6-7,11H,1-5H3,(H,17,19)(H,18,20). The van der Waals surface area contributed by atoms with Crippen molar-refractivity contribution in [1.82, 2.24) is 10.3 Å². The summed E-state index contributed by atoms with van der Waals surface area (Å²) in [5.74, 6) is -0.329. The van der Waals surface area contributed by atoms with E-state index in [0.717, 1.165) is 11.3 Å². The highest BCUT2D eigenvalue weighted by molar-refractivity contribution is 7.12. The van der Waals surface area contributed by atoms with Crippen molar-refractivity contribution in [3.8, 4) is 0 Å². The molecule has 2 heterocycles. The second-order valence-corrected chi connectivity index (χ2v) is 6.86. The highest BCUT2D eigenvalue weighted by Gasteiger charge is 2.19. The first kappa shape index (κ1) is 15.5. The number of H-pyrrole nitrogens is 1. The number of carbonyl (C=O) groups excluding carboxylic acids is 1. The Hall–Kier alpha value is -1.88. The van der Waals surface area contributed by atoms with Crippen LogP contribution < -0.4 is 10.9 Å². The third-order valence-corrected chi connectivity index (χ3v) is 4.47. The number of nitrogens with one attached hydrogen (secondary N) is 2. The van der Waals surface area contributed by atoms with Crippen LogP contribution in [0.25, 0.3) is 0 Å². The minimum Gasteiger partial charge on any atom is -0.345 e. The first-order valence-corrected chi connectivity index (χ1v) is 7.69. The summed E-state index contributed by atoms with van der Waals surface area (Å²) in [5.41, 5.74) is 2.41. The summed E-state index contributed by atoms with van der Waals surface area (Å²) < 4.78 is 0. The lowest BCUT2D eigenvalue weighted by atomic mass is 10.1. The van der Waals surface area contributed by atoms with Crippen LogP contribution in [0.3, 0.4) is 0 Å². The van der Waals surface area contributed by atoms with Crippen LogP contribution in [0.2, 0.25) is 0 Å². The van der Waals surface area contributed by atoms with Crippen LogP contribution in [0.1, 0.15) is 49.9 Å². The fourth-order valence-electron chi connectivity index (χ4n) is 2.56. The lowest BCUT2D eigenvalue weighted by molar-refractivity contribution is 0.0937. The van der Waals surface area contributed by atoms with Crippen LogP contribution in [0, 0.1) is 27.7 Å². The van der Waals surface area contributed by atoms with Crippen molar-refractivity contribution in [2.75, 3.05) is 0 Å². The molecule has 21 heavy (non-hydrogen) atoms. The maximum absolute atomic E-state index is 12.4. The molecule has 0 aromatic carbocycles. The number of aromatic nitrogens is 1. The Morgan fingerprint density at radius 3 is 2.43 bits per heavy atom. The van der Waals surface area contributed by atoms with E-state index < -0.39 is 0 Å². The van der Waals surface area contributed by atoms with Gasteiger partial charge in [0.05, 0.1) is 6.04 Å². The molecule has 0 fully saturated rings. The molecule has 0 aliphatic heterocycles. The fraction of sp³-hybridized carbons (Fsp3) is 0.375. The Bertz CT molecular complexity index is 743. The van der Waals surface area contributed by atoms with Gasteiger partial charge in [-0.25, -0.2) is 0 Å². The van der Waals surface area contributed by atoms with Gasteiger partial charge in [-0.05, 0) is 57.9 Å². The Labute approximate surface area is 128 Å². The number of hydrogen-bond acceptors (Lipinski definition) is 3. The molecule has 1 unspecified atom stereocenters. The lowest BCUT2D eigenvalue weighted by Gasteiger charge is -2.14. The van der Waals surface area contributed by atoms with E-state index in [-0.39, 0.29) is 23.1 Å². The Morgan fingerprint density at radius 2 is 1.90 bits per heavy atom. The van der Waals surface area contributed by atoms with E-state index in [1.807, 2.05) is 20.8 Å². The molecule has 0 saturated carbocycles. The smallest absolute Gasteiger partial charge is 0.261 e. The maximum Gasteiger partial charge on any atom is 0.261 e. The zero-order valence-corrected chi connectivity index (χ0v) is 13.8. The molecule has 0 saturated heterocycles. The number of pyridine rings is 1. The molecule has 0 aliphatic rings. The molecular formula is C16H20N2O2S. The molecule has 2 aromatic heterocycles. The van der Waals surface area contributed by atoms with E-state index in [0.29, 0.717) is 5.56 Å². The van der Waals surface area contributed by atoms with Crippen LogP contribution in [0.4, 0.5) is 0 Å². The molecule has 112 valence electrons. The SMILES string of the molecule is Cc1cc(C)c(C(=O)NC(C)c2cc(C)sc2C)c(=O)[nH]1. The summed E-state index contributed by atoms with van der Waals surface area (Å²) in [6, 6.07) is 3.76. The van der Waals surface area contributed by atoms with E-state index in [9.17, 15) is 9.59 Å². The van der Waals surface area contributed by atoms with Gasteiger partial charge in [0.25, 0.3) is 11.5 Å². The van der Waals surface area contributed by atoms with Gasteiger partial charge in [0.15, 0.2) is 0 Å². The van der Waals surface area contributed by atoms with Gasteiger partial charge in [0.1, 0.15) is 5.56 Å². The number of thiophene rings is 1. The Morgan fingerprint density at radius 1 is 1.24 bits per heavy atom. The number of hydrogen-bond donors (Lipinski definition) is 2. The van der Waals surface area contributed by atoms with Crippen molar-refractivity contribution in [2.24, 2.45) is 0 Å². The highest BCUT2D eigenvalue weighted by atomic mass is 32.1. The normalized spacial score (nSPS) is 12.2.